The van der Waals surface area contributed by atoms with Crippen molar-refractivity contribution in [1.82, 2.24) is 0 Å². The van der Waals surface area contributed by atoms with Crippen molar-refractivity contribution in [3.63, 3.8) is 0 Å². The zero-order valence-electron chi connectivity index (χ0n) is 10.7. The highest BCUT2D eigenvalue weighted by molar-refractivity contribution is 5.53. The topological polar surface area (TPSA) is 55.2 Å². The minimum atomic E-state index is -0.345. The first kappa shape index (κ1) is 13.5. The number of nitro groups is 1. The second-order valence-corrected chi connectivity index (χ2v) is 4.30. The van der Waals surface area contributed by atoms with Gasteiger partial charge in [0.2, 0.25) is 0 Å². The Morgan fingerprint density at radius 3 is 2.59 bits per heavy atom. The minimum absolute atomic E-state index is 0.180. The largest absolute Gasteiger partial charge is 0.382 e. The summed E-state index contributed by atoms with van der Waals surface area (Å²) in [5.41, 5.74) is 1.85. The molecule has 4 heteroatoms. The summed E-state index contributed by atoms with van der Waals surface area (Å²) in [6.45, 7) is 6.07. The molecule has 94 valence electrons. The third kappa shape index (κ3) is 3.73. The van der Waals surface area contributed by atoms with E-state index in [4.69, 9.17) is 0 Å². The van der Waals surface area contributed by atoms with E-state index in [0.717, 1.165) is 24.9 Å². The van der Waals surface area contributed by atoms with Crippen LogP contribution in [0.25, 0.3) is 0 Å². The molecule has 0 radical (unpaired) electrons. The van der Waals surface area contributed by atoms with E-state index in [1.165, 1.54) is 0 Å². The Morgan fingerprint density at radius 2 is 2.12 bits per heavy atom. The van der Waals surface area contributed by atoms with Crippen LogP contribution in [0.3, 0.4) is 0 Å². The molecule has 0 saturated heterocycles. The van der Waals surface area contributed by atoms with Crippen LogP contribution in [0, 0.1) is 17.0 Å². The Morgan fingerprint density at radius 1 is 1.41 bits per heavy atom. The van der Waals surface area contributed by atoms with Crippen LogP contribution in [0.4, 0.5) is 11.4 Å². The van der Waals surface area contributed by atoms with E-state index in [-0.39, 0.29) is 10.6 Å². The molecule has 0 spiro atoms. The van der Waals surface area contributed by atoms with Crippen LogP contribution in [-0.4, -0.2) is 11.0 Å². The summed E-state index contributed by atoms with van der Waals surface area (Å²) in [5.74, 6) is 0. The Balaban J connectivity index is 2.79. The summed E-state index contributed by atoms with van der Waals surface area (Å²) >= 11 is 0. The van der Waals surface area contributed by atoms with E-state index < -0.39 is 0 Å². The SMILES string of the molecule is CCCC(CC)Nc1ccc([N+](=O)[O-])c(C)c1. The molecule has 0 heterocycles. The molecule has 0 fully saturated rings. The van der Waals surface area contributed by atoms with Gasteiger partial charge in [-0.2, -0.15) is 0 Å². The summed E-state index contributed by atoms with van der Waals surface area (Å²) in [6, 6.07) is 5.64. The maximum Gasteiger partial charge on any atom is 0.272 e. The van der Waals surface area contributed by atoms with Crippen molar-refractivity contribution in [2.45, 2.75) is 46.1 Å². The van der Waals surface area contributed by atoms with Crippen LogP contribution in [0.5, 0.6) is 0 Å². The van der Waals surface area contributed by atoms with Gasteiger partial charge in [0.25, 0.3) is 5.69 Å². The van der Waals surface area contributed by atoms with Crippen molar-refractivity contribution in [2.75, 3.05) is 5.32 Å². The van der Waals surface area contributed by atoms with Gasteiger partial charge in [-0.3, -0.25) is 10.1 Å². The fourth-order valence-electron chi connectivity index (χ4n) is 1.91. The highest BCUT2D eigenvalue weighted by Gasteiger charge is 2.11. The van der Waals surface area contributed by atoms with Crippen LogP contribution in [0.1, 0.15) is 38.7 Å². The summed E-state index contributed by atoms with van der Waals surface area (Å²) in [6.07, 6.45) is 3.31. The first-order chi connectivity index (χ1) is 8.08. The van der Waals surface area contributed by atoms with Gasteiger partial charge in [0.05, 0.1) is 4.92 Å². The molecule has 0 aromatic heterocycles. The van der Waals surface area contributed by atoms with Crippen molar-refractivity contribution < 1.29 is 4.92 Å². The number of nitrogens with one attached hydrogen (secondary N) is 1. The van der Waals surface area contributed by atoms with Gasteiger partial charge in [0.1, 0.15) is 0 Å². The number of aryl methyl sites for hydroxylation is 1. The predicted octanol–water partition coefficient (Wildman–Crippen LogP) is 3.89. The second-order valence-electron chi connectivity index (χ2n) is 4.30. The predicted molar refractivity (Wildman–Crippen MR) is 70.4 cm³/mol. The van der Waals surface area contributed by atoms with Gasteiger partial charge in [-0.1, -0.05) is 20.3 Å². The third-order valence-corrected chi connectivity index (χ3v) is 2.89. The molecule has 0 aliphatic heterocycles. The lowest BCUT2D eigenvalue weighted by atomic mass is 10.1. The van der Waals surface area contributed by atoms with Gasteiger partial charge in [-0.05, 0) is 31.9 Å². The van der Waals surface area contributed by atoms with E-state index in [1.54, 1.807) is 19.1 Å². The van der Waals surface area contributed by atoms with E-state index in [1.807, 2.05) is 6.07 Å². The first-order valence-electron chi connectivity index (χ1n) is 6.10. The maximum absolute atomic E-state index is 10.7. The molecule has 17 heavy (non-hydrogen) atoms. The van der Waals surface area contributed by atoms with Crippen LogP contribution < -0.4 is 5.32 Å². The number of hydrogen-bond acceptors (Lipinski definition) is 3. The molecule has 0 aliphatic carbocycles. The summed E-state index contributed by atoms with van der Waals surface area (Å²) in [7, 11) is 0. The van der Waals surface area contributed by atoms with Gasteiger partial charge in [-0.25, -0.2) is 0 Å². The molecule has 0 amide bonds. The van der Waals surface area contributed by atoms with Gasteiger partial charge in [0, 0.05) is 23.4 Å². The number of anilines is 1. The van der Waals surface area contributed by atoms with Crippen molar-refractivity contribution in [1.29, 1.82) is 0 Å². The van der Waals surface area contributed by atoms with Gasteiger partial charge in [-0.15, -0.1) is 0 Å². The molecule has 1 N–H and O–H groups in total. The van der Waals surface area contributed by atoms with Gasteiger partial charge in [0.15, 0.2) is 0 Å². The molecular formula is C13H20N2O2. The number of benzene rings is 1. The Labute approximate surface area is 102 Å². The van der Waals surface area contributed by atoms with Crippen LogP contribution >= 0.6 is 0 Å². The Kier molecular flexibility index (Phi) is 4.94. The number of nitro benzene ring substituents is 1. The number of rotatable bonds is 6. The van der Waals surface area contributed by atoms with Crippen molar-refractivity contribution in [3.05, 3.63) is 33.9 Å². The standard InChI is InChI=1S/C13H20N2O2/c1-4-6-11(5-2)14-12-7-8-13(15(16)17)10(3)9-12/h7-9,11,14H,4-6H2,1-3H3. The van der Waals surface area contributed by atoms with Crippen molar-refractivity contribution in [3.8, 4) is 0 Å². The molecule has 1 aromatic carbocycles. The zero-order valence-corrected chi connectivity index (χ0v) is 10.7. The quantitative estimate of drug-likeness (QED) is 0.602. The number of hydrogen-bond donors (Lipinski definition) is 1. The fraction of sp³-hybridized carbons (Fsp3) is 0.538. The fourth-order valence-corrected chi connectivity index (χ4v) is 1.91. The van der Waals surface area contributed by atoms with E-state index in [2.05, 4.69) is 19.2 Å². The summed E-state index contributed by atoms with van der Waals surface area (Å²) in [5, 5.41) is 14.1. The monoisotopic (exact) mass is 236 g/mol. The lowest BCUT2D eigenvalue weighted by Gasteiger charge is -2.17. The van der Waals surface area contributed by atoms with E-state index in [9.17, 15) is 10.1 Å². The van der Waals surface area contributed by atoms with Crippen LogP contribution in [0.2, 0.25) is 0 Å². The second kappa shape index (κ2) is 6.23. The first-order valence-corrected chi connectivity index (χ1v) is 6.10. The zero-order chi connectivity index (χ0) is 12.8. The third-order valence-electron chi connectivity index (χ3n) is 2.89. The summed E-state index contributed by atoms with van der Waals surface area (Å²) < 4.78 is 0. The molecule has 4 nitrogen and oxygen atoms in total. The molecule has 1 unspecified atom stereocenters. The lowest BCUT2D eigenvalue weighted by molar-refractivity contribution is -0.385. The maximum atomic E-state index is 10.7. The van der Waals surface area contributed by atoms with Crippen LogP contribution in [0.15, 0.2) is 18.2 Å². The molecule has 1 aromatic rings. The molecule has 1 rings (SSSR count). The van der Waals surface area contributed by atoms with Crippen molar-refractivity contribution >= 4 is 11.4 Å². The molecule has 0 aliphatic rings. The smallest absolute Gasteiger partial charge is 0.272 e. The normalized spacial score (nSPS) is 12.2. The Bertz CT molecular complexity index is 391. The highest BCUT2D eigenvalue weighted by atomic mass is 16.6. The molecule has 1 atom stereocenters. The van der Waals surface area contributed by atoms with E-state index >= 15 is 0 Å². The Hall–Kier alpha value is -1.58. The molecular weight excluding hydrogens is 216 g/mol. The van der Waals surface area contributed by atoms with Gasteiger partial charge < -0.3 is 5.32 Å². The van der Waals surface area contributed by atoms with Crippen LogP contribution in [-0.2, 0) is 0 Å². The van der Waals surface area contributed by atoms with Crippen molar-refractivity contribution in [2.24, 2.45) is 0 Å². The molecule has 0 bridgehead atoms. The molecule has 0 saturated carbocycles. The summed E-state index contributed by atoms with van der Waals surface area (Å²) in [4.78, 5) is 10.4. The van der Waals surface area contributed by atoms with E-state index in [0.29, 0.717) is 11.6 Å². The average molecular weight is 236 g/mol. The average Bonchev–Trinajstić information content (AvgIpc) is 2.28. The highest BCUT2D eigenvalue weighted by Crippen LogP contribution is 2.22. The number of nitrogens with zero attached hydrogens (tertiary/aromatic N) is 1. The van der Waals surface area contributed by atoms with Gasteiger partial charge >= 0.3 is 0 Å². The minimum Gasteiger partial charge on any atom is -0.382 e. The lowest BCUT2D eigenvalue weighted by Crippen LogP contribution is -2.17.